The standard InChI is InChI=1S/C18H13F3N2O5S/c19-18(20,21)15-4-9(8-1-2-11-12(3-8)27-7-26-11)22-17(23-15)29-14-5-10(24)16-25-6-13(14)28-16/h1-4,13-14,16H,5-7H2/t13-,14-,16+/m0/s1. The van der Waals surface area contributed by atoms with Crippen LogP contribution in [0.3, 0.4) is 0 Å². The van der Waals surface area contributed by atoms with E-state index >= 15 is 0 Å². The zero-order chi connectivity index (χ0) is 20.2. The van der Waals surface area contributed by atoms with Crippen LogP contribution in [0.2, 0.25) is 0 Å². The van der Waals surface area contributed by atoms with E-state index in [0.717, 1.165) is 17.8 Å². The molecule has 7 nitrogen and oxygen atoms in total. The van der Waals surface area contributed by atoms with E-state index in [1.54, 1.807) is 18.2 Å². The van der Waals surface area contributed by atoms with Gasteiger partial charge >= 0.3 is 6.18 Å². The number of alkyl halides is 3. The number of carbonyl (C=O) groups excluding carboxylic acids is 1. The molecule has 29 heavy (non-hydrogen) atoms. The third-order valence-electron chi connectivity index (χ3n) is 4.71. The Morgan fingerprint density at radius 1 is 1.10 bits per heavy atom. The average Bonchev–Trinajstić information content (AvgIpc) is 3.32. The molecule has 3 aliphatic rings. The van der Waals surface area contributed by atoms with E-state index in [1.165, 1.54) is 0 Å². The highest BCUT2D eigenvalue weighted by Gasteiger charge is 2.44. The molecule has 2 saturated heterocycles. The summed E-state index contributed by atoms with van der Waals surface area (Å²) in [5.41, 5.74) is -0.535. The van der Waals surface area contributed by atoms with Crippen molar-refractivity contribution in [3.63, 3.8) is 0 Å². The lowest BCUT2D eigenvalue weighted by atomic mass is 10.1. The molecule has 0 radical (unpaired) electrons. The van der Waals surface area contributed by atoms with Gasteiger partial charge in [0.1, 0.15) is 5.69 Å². The van der Waals surface area contributed by atoms with Crippen molar-refractivity contribution in [2.45, 2.75) is 35.4 Å². The molecule has 3 atom stereocenters. The first-order valence-corrected chi connectivity index (χ1v) is 9.57. The highest BCUT2D eigenvalue weighted by Crippen LogP contribution is 2.39. The largest absolute Gasteiger partial charge is 0.454 e. The predicted octanol–water partition coefficient (Wildman–Crippen LogP) is 3.07. The van der Waals surface area contributed by atoms with Gasteiger partial charge in [0.2, 0.25) is 13.1 Å². The van der Waals surface area contributed by atoms with Crippen LogP contribution in [-0.2, 0) is 20.4 Å². The van der Waals surface area contributed by atoms with Crippen molar-refractivity contribution in [1.82, 2.24) is 9.97 Å². The third-order valence-corrected chi connectivity index (χ3v) is 5.88. The molecule has 0 unspecified atom stereocenters. The quantitative estimate of drug-likeness (QED) is 0.693. The van der Waals surface area contributed by atoms with E-state index in [1.807, 2.05) is 0 Å². The number of rotatable bonds is 3. The molecule has 0 saturated carbocycles. The summed E-state index contributed by atoms with van der Waals surface area (Å²) < 4.78 is 61.5. The molecule has 3 aliphatic heterocycles. The Balaban J connectivity index is 1.50. The minimum Gasteiger partial charge on any atom is -0.454 e. The number of Topliss-reactive ketones (excluding diaryl/α,β-unsaturated/α-hetero) is 1. The number of nitrogens with zero attached hydrogens (tertiary/aromatic N) is 2. The van der Waals surface area contributed by atoms with Gasteiger partial charge in [-0.3, -0.25) is 4.79 Å². The van der Waals surface area contributed by atoms with Crippen LogP contribution < -0.4 is 9.47 Å². The number of hydrogen-bond donors (Lipinski definition) is 0. The molecule has 2 aromatic rings. The van der Waals surface area contributed by atoms with Crippen molar-refractivity contribution < 1.29 is 36.9 Å². The van der Waals surface area contributed by atoms with E-state index in [0.29, 0.717) is 17.1 Å². The molecule has 2 fully saturated rings. The summed E-state index contributed by atoms with van der Waals surface area (Å²) in [6.07, 6.45) is -5.79. The molecule has 2 bridgehead atoms. The monoisotopic (exact) mass is 426 g/mol. The Morgan fingerprint density at radius 3 is 2.76 bits per heavy atom. The van der Waals surface area contributed by atoms with Gasteiger partial charge in [0.25, 0.3) is 0 Å². The van der Waals surface area contributed by atoms with Crippen molar-refractivity contribution in [1.29, 1.82) is 0 Å². The van der Waals surface area contributed by atoms with Crippen LogP contribution in [0.15, 0.2) is 29.4 Å². The van der Waals surface area contributed by atoms with E-state index in [4.69, 9.17) is 18.9 Å². The molecule has 0 aliphatic carbocycles. The molecule has 4 heterocycles. The SMILES string of the molecule is O=C1C[C@H](Sc2nc(-c3ccc4c(c3)OCO4)cc(C(F)(F)F)n2)[C@@H]2CO[C@@H]1O2. The predicted molar refractivity (Wildman–Crippen MR) is 92.5 cm³/mol. The van der Waals surface area contributed by atoms with Crippen molar-refractivity contribution in [2.24, 2.45) is 0 Å². The van der Waals surface area contributed by atoms with E-state index < -0.39 is 29.5 Å². The second kappa shape index (κ2) is 6.85. The summed E-state index contributed by atoms with van der Waals surface area (Å²) in [5.74, 6) is 0.714. The Bertz CT molecular complexity index is 986. The zero-order valence-electron chi connectivity index (χ0n) is 14.6. The molecule has 152 valence electrons. The molecule has 0 amide bonds. The molecule has 11 heteroatoms. The maximum atomic E-state index is 13.4. The first-order chi connectivity index (χ1) is 13.9. The van der Waals surface area contributed by atoms with Crippen molar-refractivity contribution in [3.05, 3.63) is 30.0 Å². The Morgan fingerprint density at radius 2 is 1.93 bits per heavy atom. The fraction of sp³-hybridized carbons (Fsp3) is 0.389. The zero-order valence-corrected chi connectivity index (χ0v) is 15.5. The summed E-state index contributed by atoms with van der Waals surface area (Å²) in [6, 6.07) is 5.68. The van der Waals surface area contributed by atoms with Crippen LogP contribution in [0, 0.1) is 0 Å². The first-order valence-electron chi connectivity index (χ1n) is 8.69. The number of ketones is 1. The summed E-state index contributed by atoms with van der Waals surface area (Å²) in [7, 11) is 0. The van der Waals surface area contributed by atoms with Gasteiger partial charge in [-0.25, -0.2) is 9.97 Å². The second-order valence-electron chi connectivity index (χ2n) is 6.65. The van der Waals surface area contributed by atoms with Gasteiger partial charge < -0.3 is 18.9 Å². The smallest absolute Gasteiger partial charge is 0.433 e. The van der Waals surface area contributed by atoms with Crippen molar-refractivity contribution >= 4 is 17.5 Å². The minimum absolute atomic E-state index is 0.0532. The van der Waals surface area contributed by atoms with Gasteiger partial charge in [0.15, 0.2) is 22.4 Å². The maximum absolute atomic E-state index is 13.4. The highest BCUT2D eigenvalue weighted by atomic mass is 32.2. The third kappa shape index (κ3) is 3.53. The fourth-order valence-corrected chi connectivity index (χ4v) is 4.40. The van der Waals surface area contributed by atoms with Gasteiger partial charge in [-0.05, 0) is 24.3 Å². The number of hydrogen-bond acceptors (Lipinski definition) is 8. The number of aromatic nitrogens is 2. The lowest BCUT2D eigenvalue weighted by molar-refractivity contribution is -0.151. The molecule has 1 aromatic carbocycles. The van der Waals surface area contributed by atoms with Crippen LogP contribution in [0.4, 0.5) is 13.2 Å². The first kappa shape index (κ1) is 18.6. The van der Waals surface area contributed by atoms with Crippen LogP contribution in [-0.4, -0.2) is 46.8 Å². The lowest BCUT2D eigenvalue weighted by Gasteiger charge is -2.25. The Kier molecular flexibility index (Phi) is 4.41. The molecule has 0 N–H and O–H groups in total. The number of fused-ring (bicyclic) bond motifs is 3. The van der Waals surface area contributed by atoms with Gasteiger partial charge in [-0.2, -0.15) is 13.2 Å². The maximum Gasteiger partial charge on any atom is 0.433 e. The minimum atomic E-state index is -4.65. The molecule has 5 rings (SSSR count). The number of benzene rings is 1. The van der Waals surface area contributed by atoms with Gasteiger partial charge in [-0.15, -0.1) is 0 Å². The lowest BCUT2D eigenvalue weighted by Crippen LogP contribution is -2.37. The van der Waals surface area contributed by atoms with E-state index in [9.17, 15) is 18.0 Å². The number of halogens is 3. The molecular formula is C18H13F3N2O5S. The highest BCUT2D eigenvalue weighted by molar-refractivity contribution is 7.99. The summed E-state index contributed by atoms with van der Waals surface area (Å²) in [6.45, 7) is 0.264. The van der Waals surface area contributed by atoms with E-state index in [2.05, 4.69) is 9.97 Å². The Hall–Kier alpha value is -2.37. The van der Waals surface area contributed by atoms with Crippen molar-refractivity contribution in [2.75, 3.05) is 13.4 Å². The van der Waals surface area contributed by atoms with Gasteiger partial charge in [0, 0.05) is 17.2 Å². The average molecular weight is 426 g/mol. The van der Waals surface area contributed by atoms with Gasteiger partial charge in [0.05, 0.1) is 18.4 Å². The fourth-order valence-electron chi connectivity index (χ4n) is 3.29. The molecule has 0 spiro atoms. The summed E-state index contributed by atoms with van der Waals surface area (Å²) >= 11 is 0.988. The Labute approximate surface area is 166 Å². The molecular weight excluding hydrogens is 413 g/mol. The summed E-state index contributed by atoms with van der Waals surface area (Å²) in [4.78, 5) is 19.9. The normalized spacial score (nSPS) is 25.5. The van der Waals surface area contributed by atoms with Gasteiger partial charge in [-0.1, -0.05) is 11.8 Å². The number of ether oxygens (including phenoxy) is 4. The van der Waals surface area contributed by atoms with Crippen LogP contribution in [0.5, 0.6) is 11.5 Å². The van der Waals surface area contributed by atoms with Crippen LogP contribution >= 0.6 is 11.8 Å². The molecule has 1 aromatic heterocycles. The number of carbonyl (C=O) groups is 1. The summed E-state index contributed by atoms with van der Waals surface area (Å²) in [5, 5.41) is -0.506. The number of thioether (sulfide) groups is 1. The topological polar surface area (TPSA) is 79.8 Å². The van der Waals surface area contributed by atoms with E-state index in [-0.39, 0.29) is 36.5 Å². The second-order valence-corrected chi connectivity index (χ2v) is 7.86. The van der Waals surface area contributed by atoms with Crippen LogP contribution in [0.25, 0.3) is 11.3 Å². The van der Waals surface area contributed by atoms with Crippen LogP contribution in [0.1, 0.15) is 12.1 Å². The van der Waals surface area contributed by atoms with Crippen molar-refractivity contribution in [3.8, 4) is 22.8 Å².